The Morgan fingerprint density at radius 2 is 1.85 bits per heavy atom. The zero-order valence-corrected chi connectivity index (χ0v) is 12.2. The molecule has 8 heteroatoms. The highest BCUT2D eigenvalue weighted by molar-refractivity contribution is 6.42. The van der Waals surface area contributed by atoms with Gasteiger partial charge < -0.3 is 15.7 Å². The molecule has 20 heavy (non-hydrogen) atoms. The van der Waals surface area contributed by atoms with Gasteiger partial charge in [0.25, 0.3) is 0 Å². The third-order valence-electron chi connectivity index (χ3n) is 2.17. The highest BCUT2D eigenvalue weighted by Crippen LogP contribution is 2.33. The van der Waals surface area contributed by atoms with E-state index >= 15 is 0 Å². The van der Waals surface area contributed by atoms with Crippen molar-refractivity contribution in [3.8, 4) is 12.3 Å². The minimum atomic E-state index is -1.24. The maximum Gasteiger partial charge on any atom is 0.327 e. The summed E-state index contributed by atoms with van der Waals surface area (Å²) in [7, 11) is 0. The van der Waals surface area contributed by atoms with Gasteiger partial charge in [0.15, 0.2) is 0 Å². The van der Waals surface area contributed by atoms with Crippen molar-refractivity contribution in [1.82, 2.24) is 5.32 Å². The second-order valence-corrected chi connectivity index (χ2v) is 4.89. The third-order valence-corrected chi connectivity index (χ3v) is 2.99. The van der Waals surface area contributed by atoms with Gasteiger partial charge in [-0.25, -0.2) is 9.59 Å². The van der Waals surface area contributed by atoms with Gasteiger partial charge >= 0.3 is 12.0 Å². The number of terminal acetylenes is 1. The van der Waals surface area contributed by atoms with Crippen molar-refractivity contribution < 1.29 is 14.7 Å². The lowest BCUT2D eigenvalue weighted by molar-refractivity contribution is -0.139. The average molecular weight is 336 g/mol. The molecule has 0 fully saturated rings. The Bertz CT molecular complexity index is 561. The molecule has 1 aromatic carbocycles. The first kappa shape index (κ1) is 16.4. The number of benzene rings is 1. The monoisotopic (exact) mass is 334 g/mol. The number of urea groups is 1. The van der Waals surface area contributed by atoms with E-state index in [0.29, 0.717) is 5.02 Å². The van der Waals surface area contributed by atoms with E-state index in [1.54, 1.807) is 0 Å². The lowest BCUT2D eigenvalue weighted by Gasteiger charge is -2.14. The Morgan fingerprint density at radius 1 is 1.30 bits per heavy atom. The number of carbonyl (C=O) groups excluding carboxylic acids is 1. The summed E-state index contributed by atoms with van der Waals surface area (Å²) < 4.78 is 0. The molecule has 2 amide bonds. The molecule has 106 valence electrons. The SMILES string of the molecule is C#CCC(NC(=O)Nc1c(Cl)cc(Cl)cc1Cl)C(=O)O. The van der Waals surface area contributed by atoms with Crippen molar-refractivity contribution >= 4 is 52.5 Å². The van der Waals surface area contributed by atoms with E-state index < -0.39 is 18.0 Å². The molecule has 0 saturated carbocycles. The van der Waals surface area contributed by atoms with Crippen LogP contribution in [0.1, 0.15) is 6.42 Å². The van der Waals surface area contributed by atoms with E-state index in [1.807, 2.05) is 0 Å². The molecular weight excluding hydrogens is 327 g/mol. The van der Waals surface area contributed by atoms with Gasteiger partial charge in [0.05, 0.1) is 15.7 Å². The van der Waals surface area contributed by atoms with Crippen LogP contribution in [-0.2, 0) is 4.79 Å². The highest BCUT2D eigenvalue weighted by Gasteiger charge is 2.20. The summed E-state index contributed by atoms with van der Waals surface area (Å²) in [4.78, 5) is 22.5. The van der Waals surface area contributed by atoms with E-state index in [-0.39, 0.29) is 22.2 Å². The summed E-state index contributed by atoms with van der Waals surface area (Å²) in [6.45, 7) is 0. The highest BCUT2D eigenvalue weighted by atomic mass is 35.5. The van der Waals surface area contributed by atoms with Gasteiger partial charge in [0, 0.05) is 11.4 Å². The number of aliphatic carboxylic acids is 1. The maximum atomic E-state index is 11.7. The largest absolute Gasteiger partial charge is 0.480 e. The van der Waals surface area contributed by atoms with Crippen LogP contribution in [0, 0.1) is 12.3 Å². The van der Waals surface area contributed by atoms with Crippen LogP contribution in [0.25, 0.3) is 0 Å². The predicted molar refractivity (Wildman–Crippen MR) is 78.5 cm³/mol. The molecule has 0 bridgehead atoms. The van der Waals surface area contributed by atoms with Crippen molar-refractivity contribution in [1.29, 1.82) is 0 Å². The quantitative estimate of drug-likeness (QED) is 0.739. The first-order valence-corrected chi connectivity index (χ1v) is 6.37. The topological polar surface area (TPSA) is 78.4 Å². The zero-order chi connectivity index (χ0) is 15.3. The number of carboxylic acids is 1. The molecule has 0 aliphatic carbocycles. The normalized spacial score (nSPS) is 11.3. The molecule has 0 spiro atoms. The van der Waals surface area contributed by atoms with Gasteiger partial charge in [-0.3, -0.25) is 0 Å². The molecule has 0 aliphatic rings. The molecular formula is C12H9Cl3N2O3. The summed E-state index contributed by atoms with van der Waals surface area (Å²) in [5.41, 5.74) is 0.125. The second-order valence-electron chi connectivity index (χ2n) is 3.64. The van der Waals surface area contributed by atoms with Crippen LogP contribution < -0.4 is 10.6 Å². The smallest absolute Gasteiger partial charge is 0.327 e. The van der Waals surface area contributed by atoms with E-state index in [9.17, 15) is 9.59 Å². The summed E-state index contributed by atoms with van der Waals surface area (Å²) in [6, 6.07) is 0.783. The minimum Gasteiger partial charge on any atom is -0.480 e. The molecule has 0 aliphatic heterocycles. The maximum absolute atomic E-state index is 11.7. The van der Waals surface area contributed by atoms with Crippen molar-refractivity contribution in [3.05, 3.63) is 27.2 Å². The lowest BCUT2D eigenvalue weighted by atomic mass is 10.2. The Hall–Kier alpha value is -1.61. The van der Waals surface area contributed by atoms with Crippen molar-refractivity contribution in [2.75, 3.05) is 5.32 Å². The Morgan fingerprint density at radius 3 is 2.30 bits per heavy atom. The molecule has 0 heterocycles. The number of hydrogen-bond donors (Lipinski definition) is 3. The molecule has 0 aromatic heterocycles. The summed E-state index contributed by atoms with van der Waals surface area (Å²) in [6.07, 6.45) is 4.87. The Kier molecular flexibility index (Phi) is 5.96. The minimum absolute atomic E-state index is 0.125. The third kappa shape index (κ3) is 4.49. The molecule has 3 N–H and O–H groups in total. The molecule has 5 nitrogen and oxygen atoms in total. The molecule has 1 atom stereocenters. The Balaban J connectivity index is 2.81. The summed E-state index contributed by atoms with van der Waals surface area (Å²) >= 11 is 17.5. The van der Waals surface area contributed by atoms with E-state index in [2.05, 4.69) is 16.6 Å². The number of hydrogen-bond acceptors (Lipinski definition) is 2. The fraction of sp³-hybridized carbons (Fsp3) is 0.167. The number of nitrogens with one attached hydrogen (secondary N) is 2. The average Bonchev–Trinajstić information content (AvgIpc) is 2.33. The zero-order valence-electron chi connectivity index (χ0n) is 9.91. The van der Waals surface area contributed by atoms with Gasteiger partial charge in [-0.2, -0.15) is 0 Å². The predicted octanol–water partition coefficient (Wildman–Crippen LogP) is 3.24. The fourth-order valence-electron chi connectivity index (χ4n) is 1.29. The molecule has 0 saturated heterocycles. The van der Waals surface area contributed by atoms with Crippen LogP contribution in [0.4, 0.5) is 10.5 Å². The van der Waals surface area contributed by atoms with E-state index in [1.165, 1.54) is 12.1 Å². The van der Waals surface area contributed by atoms with Crippen LogP contribution in [0.15, 0.2) is 12.1 Å². The van der Waals surface area contributed by atoms with Gasteiger partial charge in [0.1, 0.15) is 6.04 Å². The summed E-state index contributed by atoms with van der Waals surface area (Å²) in [5.74, 6) is 0.912. The van der Waals surface area contributed by atoms with Crippen LogP contribution in [0.3, 0.4) is 0 Å². The van der Waals surface area contributed by atoms with Crippen LogP contribution >= 0.6 is 34.8 Å². The number of carboxylic acid groups (broad SMARTS) is 1. The molecule has 1 rings (SSSR count). The standard InChI is InChI=1S/C12H9Cl3N2O3/c1-2-3-9(11(18)19)16-12(20)17-10-7(14)4-6(13)5-8(10)15/h1,4-5,9H,3H2,(H,18,19)(H2,16,17,20). The number of halogens is 3. The van der Waals surface area contributed by atoms with E-state index in [0.717, 1.165) is 0 Å². The first-order chi connectivity index (χ1) is 9.35. The first-order valence-electron chi connectivity index (χ1n) is 5.23. The number of amides is 2. The number of rotatable bonds is 4. The van der Waals surface area contributed by atoms with Gasteiger partial charge in [0.2, 0.25) is 0 Å². The molecule has 1 unspecified atom stereocenters. The number of anilines is 1. The van der Waals surface area contributed by atoms with Crippen molar-refractivity contribution in [2.24, 2.45) is 0 Å². The van der Waals surface area contributed by atoms with Gasteiger partial charge in [-0.15, -0.1) is 12.3 Å². The van der Waals surface area contributed by atoms with E-state index in [4.69, 9.17) is 46.3 Å². The van der Waals surface area contributed by atoms with Gasteiger partial charge in [-0.1, -0.05) is 34.8 Å². The Labute approximate surface area is 130 Å². The second kappa shape index (κ2) is 7.25. The van der Waals surface area contributed by atoms with Crippen LogP contribution in [0.5, 0.6) is 0 Å². The van der Waals surface area contributed by atoms with Gasteiger partial charge in [-0.05, 0) is 12.1 Å². The summed E-state index contributed by atoms with van der Waals surface area (Å²) in [5, 5.41) is 14.0. The van der Waals surface area contributed by atoms with Crippen LogP contribution in [-0.4, -0.2) is 23.1 Å². The number of carbonyl (C=O) groups is 2. The lowest BCUT2D eigenvalue weighted by Crippen LogP contribution is -2.42. The fourth-order valence-corrected chi connectivity index (χ4v) is 2.20. The molecule has 1 aromatic rings. The van der Waals surface area contributed by atoms with Crippen molar-refractivity contribution in [2.45, 2.75) is 12.5 Å². The van der Waals surface area contributed by atoms with Crippen molar-refractivity contribution in [3.63, 3.8) is 0 Å². The van der Waals surface area contributed by atoms with Crippen LogP contribution in [0.2, 0.25) is 15.1 Å². The molecule has 0 radical (unpaired) electrons.